The van der Waals surface area contributed by atoms with Crippen LogP contribution < -0.4 is 16.4 Å². The van der Waals surface area contributed by atoms with Gasteiger partial charge >= 0.3 is 6.03 Å². The van der Waals surface area contributed by atoms with E-state index in [0.717, 1.165) is 18.4 Å². The highest BCUT2D eigenvalue weighted by atomic mass is 16.5. The van der Waals surface area contributed by atoms with Gasteiger partial charge in [0.05, 0.1) is 23.8 Å². The molecule has 3 atom stereocenters. The standard InChI is InChI=1S/C21H26N6O2/c1-13(14-5-3-2-4-6-14)25-21(28)26-19-9-18(22)17(10-24-19)20(23)27-11-15-7-8-16(12-27)29-15/h2-6,9-10,13,15-16,23H,7-8,11-12H2,1H3,(H4,22,24,25,26,28)/t13-,15?,16?/m1/s1. The van der Waals surface area contributed by atoms with E-state index in [4.69, 9.17) is 15.9 Å². The summed E-state index contributed by atoms with van der Waals surface area (Å²) >= 11 is 0. The summed E-state index contributed by atoms with van der Waals surface area (Å²) in [6, 6.07) is 10.8. The normalized spacial score (nSPS) is 21.5. The molecule has 0 aliphatic carbocycles. The number of hydrogen-bond donors (Lipinski definition) is 4. The molecule has 3 heterocycles. The minimum Gasteiger partial charge on any atom is -0.398 e. The highest BCUT2D eigenvalue weighted by Gasteiger charge is 2.35. The van der Waals surface area contributed by atoms with Crippen molar-refractivity contribution in [2.75, 3.05) is 24.1 Å². The molecule has 2 aromatic rings. The Labute approximate surface area is 170 Å². The lowest BCUT2D eigenvalue weighted by atomic mass is 10.1. The molecule has 0 saturated carbocycles. The molecule has 2 aliphatic heterocycles. The SMILES string of the molecule is C[C@@H](NC(=O)Nc1cc(N)c(C(=N)N2CC3CCC(C2)O3)cn1)c1ccccc1. The second-order valence-corrected chi connectivity index (χ2v) is 7.60. The van der Waals surface area contributed by atoms with Crippen LogP contribution in [0, 0.1) is 5.41 Å². The van der Waals surface area contributed by atoms with E-state index in [2.05, 4.69) is 15.6 Å². The monoisotopic (exact) mass is 394 g/mol. The number of ether oxygens (including phenoxy) is 1. The first-order chi connectivity index (χ1) is 14.0. The topological polar surface area (TPSA) is 116 Å². The van der Waals surface area contributed by atoms with Crippen LogP contribution in [0.3, 0.4) is 0 Å². The predicted molar refractivity (Wildman–Crippen MR) is 112 cm³/mol. The maximum Gasteiger partial charge on any atom is 0.320 e. The first-order valence-corrected chi connectivity index (χ1v) is 9.87. The second kappa shape index (κ2) is 8.08. The lowest BCUT2D eigenvalue weighted by Crippen LogP contribution is -2.46. The summed E-state index contributed by atoms with van der Waals surface area (Å²) in [4.78, 5) is 18.6. The quantitative estimate of drug-likeness (QED) is 0.470. The summed E-state index contributed by atoms with van der Waals surface area (Å²) in [5.74, 6) is 0.697. The fraction of sp³-hybridized carbons (Fsp3) is 0.381. The lowest BCUT2D eigenvalue weighted by molar-refractivity contribution is -0.0157. The molecular weight excluding hydrogens is 368 g/mol. The molecule has 2 saturated heterocycles. The third-order valence-electron chi connectivity index (χ3n) is 5.44. The number of fused-ring (bicyclic) bond motifs is 2. The van der Waals surface area contributed by atoms with Gasteiger partial charge in [-0.15, -0.1) is 0 Å². The van der Waals surface area contributed by atoms with Crippen molar-refractivity contribution in [1.82, 2.24) is 15.2 Å². The molecule has 2 aliphatic rings. The molecule has 1 aromatic heterocycles. The summed E-state index contributed by atoms with van der Waals surface area (Å²) in [6.45, 7) is 3.32. The number of nitrogens with one attached hydrogen (secondary N) is 3. The third kappa shape index (κ3) is 4.32. The van der Waals surface area contributed by atoms with Crippen molar-refractivity contribution >= 4 is 23.4 Å². The smallest absolute Gasteiger partial charge is 0.320 e. The van der Waals surface area contributed by atoms with E-state index in [-0.39, 0.29) is 24.3 Å². The van der Waals surface area contributed by atoms with Gasteiger partial charge < -0.3 is 20.7 Å². The van der Waals surface area contributed by atoms with Crippen LogP contribution in [0.15, 0.2) is 42.6 Å². The summed E-state index contributed by atoms with van der Waals surface area (Å²) in [7, 11) is 0. The number of urea groups is 1. The first kappa shape index (κ1) is 19.2. The number of morpholine rings is 1. The molecule has 0 spiro atoms. The zero-order chi connectivity index (χ0) is 20.4. The van der Waals surface area contributed by atoms with E-state index in [1.165, 1.54) is 0 Å². The zero-order valence-electron chi connectivity index (χ0n) is 16.4. The van der Waals surface area contributed by atoms with Crippen LogP contribution in [0.1, 0.15) is 36.9 Å². The average Bonchev–Trinajstić information content (AvgIpc) is 3.05. The fourth-order valence-corrected chi connectivity index (χ4v) is 3.88. The molecule has 5 N–H and O–H groups in total. The van der Waals surface area contributed by atoms with Crippen LogP contribution in [0.2, 0.25) is 0 Å². The van der Waals surface area contributed by atoms with Crippen molar-refractivity contribution in [3.8, 4) is 0 Å². The van der Waals surface area contributed by atoms with Crippen molar-refractivity contribution < 1.29 is 9.53 Å². The van der Waals surface area contributed by atoms with Gasteiger partial charge in [0.2, 0.25) is 0 Å². The fourth-order valence-electron chi connectivity index (χ4n) is 3.88. The lowest BCUT2D eigenvalue weighted by Gasteiger charge is -2.34. The van der Waals surface area contributed by atoms with E-state index in [0.29, 0.717) is 36.0 Å². The largest absolute Gasteiger partial charge is 0.398 e. The predicted octanol–water partition coefficient (Wildman–Crippen LogP) is 2.74. The van der Waals surface area contributed by atoms with E-state index in [1.54, 1.807) is 12.3 Å². The molecule has 2 bridgehead atoms. The number of carbonyl (C=O) groups is 1. The van der Waals surface area contributed by atoms with Crippen molar-refractivity contribution in [3.05, 3.63) is 53.7 Å². The maximum atomic E-state index is 12.3. The van der Waals surface area contributed by atoms with Gasteiger partial charge in [-0.3, -0.25) is 10.7 Å². The Bertz CT molecular complexity index is 891. The van der Waals surface area contributed by atoms with Gasteiger partial charge in [0.25, 0.3) is 0 Å². The van der Waals surface area contributed by atoms with Crippen molar-refractivity contribution in [3.63, 3.8) is 0 Å². The van der Waals surface area contributed by atoms with Gasteiger partial charge in [0, 0.05) is 31.0 Å². The Kier molecular flexibility index (Phi) is 5.35. The minimum absolute atomic E-state index is 0.141. The van der Waals surface area contributed by atoms with Crippen molar-refractivity contribution in [2.24, 2.45) is 0 Å². The highest BCUT2D eigenvalue weighted by molar-refractivity contribution is 6.01. The van der Waals surface area contributed by atoms with Gasteiger partial charge in [-0.2, -0.15) is 0 Å². The molecule has 8 nitrogen and oxygen atoms in total. The Hall–Kier alpha value is -3.13. The number of nitrogens with two attached hydrogens (primary N) is 1. The minimum atomic E-state index is -0.360. The number of pyridine rings is 1. The number of hydrogen-bond acceptors (Lipinski definition) is 5. The molecule has 29 heavy (non-hydrogen) atoms. The van der Waals surface area contributed by atoms with Gasteiger partial charge in [0.1, 0.15) is 11.7 Å². The molecule has 152 valence electrons. The summed E-state index contributed by atoms with van der Waals surface area (Å²) < 4.78 is 5.83. The van der Waals surface area contributed by atoms with E-state index < -0.39 is 0 Å². The van der Waals surface area contributed by atoms with Gasteiger partial charge in [-0.25, -0.2) is 9.78 Å². The summed E-state index contributed by atoms with van der Waals surface area (Å²) in [6.07, 6.45) is 4.02. The number of aromatic nitrogens is 1. The van der Waals surface area contributed by atoms with Crippen LogP contribution in [-0.4, -0.2) is 47.0 Å². The van der Waals surface area contributed by atoms with Crippen LogP contribution in [0.5, 0.6) is 0 Å². The van der Waals surface area contributed by atoms with Crippen LogP contribution in [-0.2, 0) is 4.74 Å². The number of nitrogens with zero attached hydrogens (tertiary/aromatic N) is 2. The molecular formula is C21H26N6O2. The summed E-state index contributed by atoms with van der Waals surface area (Å²) in [5, 5.41) is 14.1. The summed E-state index contributed by atoms with van der Waals surface area (Å²) in [5.41, 5.74) is 8.16. The first-order valence-electron chi connectivity index (χ1n) is 9.87. The van der Waals surface area contributed by atoms with Crippen LogP contribution in [0.4, 0.5) is 16.3 Å². The molecule has 4 rings (SSSR count). The number of amidine groups is 1. The second-order valence-electron chi connectivity index (χ2n) is 7.60. The molecule has 2 unspecified atom stereocenters. The Morgan fingerprint density at radius 1 is 1.28 bits per heavy atom. The number of carbonyl (C=O) groups excluding carboxylic acids is 1. The Morgan fingerprint density at radius 2 is 1.97 bits per heavy atom. The zero-order valence-corrected chi connectivity index (χ0v) is 16.4. The Morgan fingerprint density at radius 3 is 2.62 bits per heavy atom. The van der Waals surface area contributed by atoms with Crippen LogP contribution in [0.25, 0.3) is 0 Å². The molecule has 2 fully saturated rings. The van der Waals surface area contributed by atoms with E-state index in [1.807, 2.05) is 42.2 Å². The number of nitrogen functional groups attached to an aromatic ring is 1. The van der Waals surface area contributed by atoms with Gasteiger partial charge in [0.15, 0.2) is 0 Å². The molecule has 2 amide bonds. The number of benzene rings is 1. The average molecular weight is 394 g/mol. The third-order valence-corrected chi connectivity index (χ3v) is 5.44. The van der Waals surface area contributed by atoms with E-state index >= 15 is 0 Å². The Balaban J connectivity index is 1.38. The maximum absolute atomic E-state index is 12.3. The van der Waals surface area contributed by atoms with Crippen LogP contribution >= 0.6 is 0 Å². The van der Waals surface area contributed by atoms with Crippen molar-refractivity contribution in [1.29, 1.82) is 5.41 Å². The van der Waals surface area contributed by atoms with Gasteiger partial charge in [-0.05, 0) is 25.3 Å². The number of rotatable bonds is 4. The van der Waals surface area contributed by atoms with E-state index in [9.17, 15) is 4.79 Å². The highest BCUT2D eigenvalue weighted by Crippen LogP contribution is 2.28. The van der Waals surface area contributed by atoms with Gasteiger partial charge in [-0.1, -0.05) is 30.3 Å². The number of likely N-dealkylation sites (tertiary alicyclic amines) is 1. The molecule has 8 heteroatoms. The van der Waals surface area contributed by atoms with Crippen molar-refractivity contribution in [2.45, 2.75) is 38.0 Å². The molecule has 0 radical (unpaired) electrons. The number of anilines is 2. The molecule has 1 aromatic carbocycles. The number of amides is 2.